The molecule has 3 aromatic rings. The van der Waals surface area contributed by atoms with Crippen LogP contribution in [0.15, 0.2) is 35.9 Å². The summed E-state index contributed by atoms with van der Waals surface area (Å²) in [5, 5.41) is 6.52. The van der Waals surface area contributed by atoms with E-state index in [0.717, 1.165) is 38.5 Å². The van der Waals surface area contributed by atoms with Crippen molar-refractivity contribution in [2.75, 3.05) is 7.05 Å². The minimum absolute atomic E-state index is 0.112. The maximum atomic E-state index is 12.1. The molecule has 0 bridgehead atoms. The van der Waals surface area contributed by atoms with Gasteiger partial charge in [0.25, 0.3) is 5.91 Å². The summed E-state index contributed by atoms with van der Waals surface area (Å²) in [5.74, 6) is -0.739. The van der Waals surface area contributed by atoms with Crippen LogP contribution in [0.1, 0.15) is 16.7 Å². The number of urea groups is 1. The van der Waals surface area contributed by atoms with Crippen molar-refractivity contribution in [3.63, 3.8) is 0 Å². The van der Waals surface area contributed by atoms with Crippen molar-refractivity contribution in [3.05, 3.63) is 52.6 Å². The SMILES string of the molecule is CNC(=O)NC(=O)/C(C=O)=C\c1c(C)cc2[nH]c3ccccc3c2c1C. The van der Waals surface area contributed by atoms with Gasteiger partial charge in [-0.05, 0) is 48.7 Å². The van der Waals surface area contributed by atoms with Crippen molar-refractivity contribution in [1.82, 2.24) is 15.6 Å². The van der Waals surface area contributed by atoms with Crippen LogP contribution in [0.25, 0.3) is 27.9 Å². The summed E-state index contributed by atoms with van der Waals surface area (Å²) in [6.45, 7) is 3.88. The highest BCUT2D eigenvalue weighted by atomic mass is 16.2. The largest absolute Gasteiger partial charge is 0.354 e. The second-order valence-corrected chi connectivity index (χ2v) is 6.08. The van der Waals surface area contributed by atoms with Crippen LogP contribution < -0.4 is 10.6 Å². The Morgan fingerprint density at radius 2 is 1.85 bits per heavy atom. The fourth-order valence-corrected chi connectivity index (χ4v) is 3.17. The van der Waals surface area contributed by atoms with E-state index in [1.807, 2.05) is 44.2 Å². The van der Waals surface area contributed by atoms with Crippen molar-refractivity contribution in [2.45, 2.75) is 13.8 Å². The van der Waals surface area contributed by atoms with E-state index in [1.165, 1.54) is 13.1 Å². The van der Waals surface area contributed by atoms with E-state index in [-0.39, 0.29) is 5.57 Å². The molecule has 0 aliphatic carbocycles. The molecule has 26 heavy (non-hydrogen) atoms. The topological polar surface area (TPSA) is 91.1 Å². The molecule has 132 valence electrons. The van der Waals surface area contributed by atoms with E-state index in [4.69, 9.17) is 0 Å². The Hall–Kier alpha value is -3.41. The lowest BCUT2D eigenvalue weighted by Crippen LogP contribution is -2.38. The number of fused-ring (bicyclic) bond motifs is 3. The normalized spacial score (nSPS) is 11.6. The Bertz CT molecular complexity index is 1080. The van der Waals surface area contributed by atoms with Crippen LogP contribution in [-0.4, -0.2) is 30.3 Å². The number of H-pyrrole nitrogens is 1. The zero-order valence-electron chi connectivity index (χ0n) is 14.8. The highest BCUT2D eigenvalue weighted by molar-refractivity contribution is 6.19. The van der Waals surface area contributed by atoms with Crippen molar-refractivity contribution >= 4 is 46.1 Å². The van der Waals surface area contributed by atoms with Gasteiger partial charge in [0, 0.05) is 28.9 Å². The highest BCUT2D eigenvalue weighted by Crippen LogP contribution is 2.32. The molecule has 1 aromatic heterocycles. The number of nitrogens with one attached hydrogen (secondary N) is 3. The van der Waals surface area contributed by atoms with Gasteiger partial charge >= 0.3 is 6.03 Å². The molecule has 0 saturated carbocycles. The number of rotatable bonds is 3. The van der Waals surface area contributed by atoms with Crippen LogP contribution in [-0.2, 0) is 9.59 Å². The third-order valence-corrected chi connectivity index (χ3v) is 4.44. The van der Waals surface area contributed by atoms with E-state index < -0.39 is 11.9 Å². The maximum Gasteiger partial charge on any atom is 0.321 e. The first-order chi connectivity index (χ1) is 12.5. The monoisotopic (exact) mass is 349 g/mol. The van der Waals surface area contributed by atoms with Gasteiger partial charge in [0.05, 0.1) is 5.57 Å². The number of carbonyl (C=O) groups is 3. The molecule has 0 aliphatic heterocycles. The molecule has 2 aromatic carbocycles. The summed E-state index contributed by atoms with van der Waals surface area (Å²) in [5.41, 5.74) is 4.59. The van der Waals surface area contributed by atoms with Crippen LogP contribution in [0, 0.1) is 13.8 Å². The number of aldehydes is 1. The van der Waals surface area contributed by atoms with Gasteiger partial charge in [-0.1, -0.05) is 18.2 Å². The standard InChI is InChI=1S/C20H19N3O3/c1-11-8-17-18(14-6-4-5-7-16(14)22-17)12(2)15(11)9-13(10-24)19(25)23-20(26)21-3/h4-10,22H,1-3H3,(H2,21,23,25,26)/b13-9-. The Labute approximate surface area is 150 Å². The second kappa shape index (κ2) is 6.84. The first-order valence-corrected chi connectivity index (χ1v) is 8.16. The molecule has 3 amide bonds. The number of imide groups is 1. The lowest BCUT2D eigenvalue weighted by atomic mass is 9.95. The van der Waals surface area contributed by atoms with E-state index >= 15 is 0 Å². The lowest BCUT2D eigenvalue weighted by molar-refractivity contribution is -0.118. The van der Waals surface area contributed by atoms with Crippen LogP contribution >= 0.6 is 0 Å². The number of amides is 3. The molecule has 0 spiro atoms. The molecule has 0 atom stereocenters. The summed E-state index contributed by atoms with van der Waals surface area (Å²) in [6, 6.07) is 9.30. The van der Waals surface area contributed by atoms with E-state index in [0.29, 0.717) is 6.29 Å². The van der Waals surface area contributed by atoms with Gasteiger partial charge < -0.3 is 10.3 Å². The number of aryl methyl sites for hydroxylation is 2. The van der Waals surface area contributed by atoms with Gasteiger partial charge in [-0.2, -0.15) is 0 Å². The Morgan fingerprint density at radius 1 is 1.12 bits per heavy atom. The molecule has 3 N–H and O–H groups in total. The molecule has 0 unspecified atom stereocenters. The first-order valence-electron chi connectivity index (χ1n) is 8.16. The number of hydrogen-bond donors (Lipinski definition) is 3. The average Bonchev–Trinajstić information content (AvgIpc) is 2.99. The summed E-state index contributed by atoms with van der Waals surface area (Å²) >= 11 is 0. The molecule has 6 nitrogen and oxygen atoms in total. The number of para-hydroxylation sites is 1. The Morgan fingerprint density at radius 3 is 2.54 bits per heavy atom. The molecular formula is C20H19N3O3. The highest BCUT2D eigenvalue weighted by Gasteiger charge is 2.15. The van der Waals surface area contributed by atoms with Crippen LogP contribution in [0.3, 0.4) is 0 Å². The Balaban J connectivity index is 2.17. The molecular weight excluding hydrogens is 330 g/mol. The fraction of sp³-hybridized carbons (Fsp3) is 0.150. The van der Waals surface area contributed by atoms with Crippen LogP contribution in [0.5, 0.6) is 0 Å². The quantitative estimate of drug-likeness (QED) is 0.294. The zero-order chi connectivity index (χ0) is 18.8. The van der Waals surface area contributed by atoms with Gasteiger partial charge in [0.1, 0.15) is 0 Å². The minimum atomic E-state index is -0.739. The molecule has 0 saturated heterocycles. The number of aromatic nitrogens is 1. The molecule has 1 heterocycles. The van der Waals surface area contributed by atoms with E-state index in [9.17, 15) is 14.4 Å². The summed E-state index contributed by atoms with van der Waals surface area (Å²) in [4.78, 5) is 38.2. The van der Waals surface area contributed by atoms with Crippen molar-refractivity contribution in [3.8, 4) is 0 Å². The van der Waals surface area contributed by atoms with Gasteiger partial charge in [-0.15, -0.1) is 0 Å². The molecule has 0 aliphatic rings. The van der Waals surface area contributed by atoms with Crippen LogP contribution in [0.2, 0.25) is 0 Å². The van der Waals surface area contributed by atoms with Crippen molar-refractivity contribution in [1.29, 1.82) is 0 Å². The summed E-state index contributed by atoms with van der Waals surface area (Å²) in [6.07, 6.45) is 1.98. The molecule has 3 rings (SSSR count). The van der Waals surface area contributed by atoms with Crippen molar-refractivity contribution < 1.29 is 14.4 Å². The van der Waals surface area contributed by atoms with Crippen LogP contribution in [0.4, 0.5) is 4.79 Å². The number of carbonyl (C=O) groups excluding carboxylic acids is 3. The molecule has 0 radical (unpaired) electrons. The fourth-order valence-electron chi connectivity index (χ4n) is 3.17. The minimum Gasteiger partial charge on any atom is -0.354 e. The smallest absolute Gasteiger partial charge is 0.321 e. The molecule has 6 heteroatoms. The maximum absolute atomic E-state index is 12.1. The third-order valence-electron chi connectivity index (χ3n) is 4.44. The molecule has 0 fully saturated rings. The van der Waals surface area contributed by atoms with Gasteiger partial charge in [-0.25, -0.2) is 4.79 Å². The number of hydrogen-bond acceptors (Lipinski definition) is 3. The summed E-state index contributed by atoms with van der Waals surface area (Å²) < 4.78 is 0. The van der Waals surface area contributed by atoms with Gasteiger partial charge in [-0.3, -0.25) is 14.9 Å². The zero-order valence-corrected chi connectivity index (χ0v) is 14.8. The predicted octanol–water partition coefficient (Wildman–Crippen LogP) is 2.98. The van der Waals surface area contributed by atoms with E-state index in [1.54, 1.807) is 0 Å². The lowest BCUT2D eigenvalue weighted by Gasteiger charge is -2.09. The van der Waals surface area contributed by atoms with Crippen molar-refractivity contribution in [2.24, 2.45) is 0 Å². The number of benzene rings is 2. The predicted molar refractivity (Wildman–Crippen MR) is 102 cm³/mol. The second-order valence-electron chi connectivity index (χ2n) is 6.08. The Kier molecular flexibility index (Phi) is 4.58. The van der Waals surface area contributed by atoms with E-state index in [2.05, 4.69) is 15.6 Å². The average molecular weight is 349 g/mol. The number of aromatic amines is 1. The van der Waals surface area contributed by atoms with Gasteiger partial charge in [0.15, 0.2) is 6.29 Å². The van der Waals surface area contributed by atoms with Gasteiger partial charge in [0.2, 0.25) is 0 Å². The third kappa shape index (κ3) is 2.97. The first kappa shape index (κ1) is 17.4. The summed E-state index contributed by atoms with van der Waals surface area (Å²) in [7, 11) is 1.39.